The molecule has 0 saturated heterocycles. The number of ether oxygens (including phenoxy) is 1. The van der Waals surface area contributed by atoms with E-state index in [0.717, 1.165) is 24.8 Å². The van der Waals surface area contributed by atoms with E-state index < -0.39 is 0 Å². The first kappa shape index (κ1) is 20.0. The Kier molecular flexibility index (Phi) is 11.1. The Bertz CT molecular complexity index is 420. The second-order valence-electron chi connectivity index (χ2n) is 4.84. The summed E-state index contributed by atoms with van der Waals surface area (Å²) in [7, 11) is 3.48. The molecule has 2 N–H and O–H groups in total. The molecule has 0 aliphatic heterocycles. The van der Waals surface area contributed by atoms with Gasteiger partial charge < -0.3 is 15.4 Å². The molecule has 1 rings (SSSR count). The van der Waals surface area contributed by atoms with Crippen molar-refractivity contribution in [3.05, 3.63) is 29.8 Å². The van der Waals surface area contributed by atoms with Crippen molar-refractivity contribution in [3.8, 4) is 5.75 Å². The molecule has 5 heteroatoms. The zero-order valence-electron chi connectivity index (χ0n) is 13.5. The summed E-state index contributed by atoms with van der Waals surface area (Å²) >= 11 is 0. The average molecular weight is 405 g/mol. The van der Waals surface area contributed by atoms with Gasteiger partial charge >= 0.3 is 0 Å². The van der Waals surface area contributed by atoms with Crippen LogP contribution in [0.5, 0.6) is 5.75 Å². The summed E-state index contributed by atoms with van der Waals surface area (Å²) < 4.78 is 5.22. The van der Waals surface area contributed by atoms with E-state index in [0.29, 0.717) is 5.92 Å². The average Bonchev–Trinajstić information content (AvgIpc) is 2.51. The van der Waals surface area contributed by atoms with Crippen LogP contribution in [0, 0.1) is 5.92 Å². The van der Waals surface area contributed by atoms with Crippen LogP contribution in [0.2, 0.25) is 0 Å². The highest BCUT2D eigenvalue weighted by Crippen LogP contribution is 2.12. The quantitative estimate of drug-likeness (QED) is 0.415. The summed E-state index contributed by atoms with van der Waals surface area (Å²) in [6, 6.07) is 8.05. The van der Waals surface area contributed by atoms with Crippen LogP contribution in [0.4, 0.5) is 0 Å². The minimum atomic E-state index is 0. The fourth-order valence-electron chi connectivity index (χ4n) is 2.01. The molecule has 120 valence electrons. The number of methoxy groups -OCH3 is 1. The van der Waals surface area contributed by atoms with Crippen molar-refractivity contribution in [1.82, 2.24) is 10.6 Å². The van der Waals surface area contributed by atoms with Gasteiger partial charge in [0.2, 0.25) is 0 Å². The van der Waals surface area contributed by atoms with Crippen LogP contribution in [0.1, 0.15) is 32.3 Å². The molecule has 21 heavy (non-hydrogen) atoms. The topological polar surface area (TPSA) is 45.7 Å². The maximum Gasteiger partial charge on any atom is 0.191 e. The van der Waals surface area contributed by atoms with Gasteiger partial charge in [-0.25, -0.2) is 0 Å². The molecule has 0 unspecified atom stereocenters. The lowest BCUT2D eigenvalue weighted by Crippen LogP contribution is -2.39. The van der Waals surface area contributed by atoms with Gasteiger partial charge in [-0.1, -0.05) is 38.8 Å². The van der Waals surface area contributed by atoms with Gasteiger partial charge in [-0.15, -0.1) is 24.0 Å². The third-order valence-corrected chi connectivity index (χ3v) is 3.53. The Labute approximate surface area is 145 Å². The predicted molar refractivity (Wildman–Crippen MR) is 101 cm³/mol. The molecular weight excluding hydrogens is 377 g/mol. The van der Waals surface area contributed by atoms with Gasteiger partial charge in [-0.05, 0) is 23.6 Å². The summed E-state index contributed by atoms with van der Waals surface area (Å²) in [5.74, 6) is 2.43. The molecule has 0 atom stereocenters. The highest BCUT2D eigenvalue weighted by atomic mass is 127. The highest BCUT2D eigenvalue weighted by molar-refractivity contribution is 14.0. The largest absolute Gasteiger partial charge is 0.497 e. The molecule has 0 aromatic heterocycles. The summed E-state index contributed by atoms with van der Waals surface area (Å²) in [4.78, 5) is 4.25. The SMILES string of the molecule is CCC(CC)CNC(=NC)NCc1cccc(OC)c1.I. The second-order valence-corrected chi connectivity index (χ2v) is 4.84. The lowest BCUT2D eigenvalue weighted by atomic mass is 10.0. The minimum Gasteiger partial charge on any atom is -0.497 e. The number of rotatable bonds is 7. The zero-order chi connectivity index (χ0) is 14.8. The van der Waals surface area contributed by atoms with Crippen LogP contribution in [-0.4, -0.2) is 26.7 Å². The first-order valence-electron chi connectivity index (χ1n) is 7.30. The van der Waals surface area contributed by atoms with Crippen molar-refractivity contribution in [2.45, 2.75) is 33.2 Å². The van der Waals surface area contributed by atoms with Crippen LogP contribution in [0.15, 0.2) is 29.3 Å². The van der Waals surface area contributed by atoms with Crippen molar-refractivity contribution in [2.24, 2.45) is 10.9 Å². The lowest BCUT2D eigenvalue weighted by molar-refractivity contribution is 0.414. The van der Waals surface area contributed by atoms with E-state index >= 15 is 0 Å². The fourth-order valence-corrected chi connectivity index (χ4v) is 2.01. The monoisotopic (exact) mass is 405 g/mol. The van der Waals surface area contributed by atoms with Gasteiger partial charge in [0.25, 0.3) is 0 Å². The van der Waals surface area contributed by atoms with Crippen molar-refractivity contribution in [1.29, 1.82) is 0 Å². The van der Waals surface area contributed by atoms with Crippen molar-refractivity contribution in [2.75, 3.05) is 20.7 Å². The van der Waals surface area contributed by atoms with E-state index in [9.17, 15) is 0 Å². The van der Waals surface area contributed by atoms with Gasteiger partial charge in [-0.3, -0.25) is 4.99 Å². The molecule has 4 nitrogen and oxygen atoms in total. The minimum absolute atomic E-state index is 0. The molecule has 0 fully saturated rings. The number of aliphatic imine (C=N–C) groups is 1. The third-order valence-electron chi connectivity index (χ3n) is 3.53. The van der Waals surface area contributed by atoms with Crippen LogP contribution < -0.4 is 15.4 Å². The number of halogens is 1. The van der Waals surface area contributed by atoms with E-state index in [4.69, 9.17) is 4.74 Å². The number of hydrogen-bond acceptors (Lipinski definition) is 2. The number of nitrogens with zero attached hydrogens (tertiary/aromatic N) is 1. The Morgan fingerprint density at radius 3 is 2.52 bits per heavy atom. The molecule has 1 aromatic rings. The van der Waals surface area contributed by atoms with Gasteiger partial charge in [0, 0.05) is 20.1 Å². The van der Waals surface area contributed by atoms with Gasteiger partial charge in [0.15, 0.2) is 5.96 Å². The van der Waals surface area contributed by atoms with Gasteiger partial charge in [-0.2, -0.15) is 0 Å². The second kappa shape index (κ2) is 11.7. The first-order chi connectivity index (χ1) is 9.73. The lowest BCUT2D eigenvalue weighted by Gasteiger charge is -2.16. The van der Waals surface area contributed by atoms with Crippen molar-refractivity contribution >= 4 is 29.9 Å². The molecule has 0 aliphatic carbocycles. The Morgan fingerprint density at radius 2 is 1.95 bits per heavy atom. The van der Waals surface area contributed by atoms with Crippen molar-refractivity contribution < 1.29 is 4.74 Å². The Morgan fingerprint density at radius 1 is 1.24 bits per heavy atom. The summed E-state index contributed by atoms with van der Waals surface area (Å²) in [5, 5.41) is 6.70. The van der Waals surface area contributed by atoms with E-state index in [1.165, 1.54) is 18.4 Å². The third kappa shape index (κ3) is 7.55. The Hall–Kier alpha value is -0.980. The smallest absolute Gasteiger partial charge is 0.191 e. The predicted octanol–water partition coefficient (Wildman–Crippen LogP) is 3.41. The number of guanidine groups is 1. The standard InChI is InChI=1S/C16H27N3O.HI/c1-5-13(6-2)11-18-16(17-3)19-12-14-8-7-9-15(10-14)20-4;/h7-10,13H,5-6,11-12H2,1-4H3,(H2,17,18,19);1H. The van der Waals surface area contributed by atoms with Crippen LogP contribution in [0.25, 0.3) is 0 Å². The molecule has 0 heterocycles. The highest BCUT2D eigenvalue weighted by Gasteiger charge is 2.05. The Balaban J connectivity index is 0.00000400. The van der Waals surface area contributed by atoms with E-state index in [1.807, 2.05) is 18.2 Å². The van der Waals surface area contributed by atoms with Crippen LogP contribution >= 0.6 is 24.0 Å². The number of hydrogen-bond donors (Lipinski definition) is 2. The molecule has 0 spiro atoms. The first-order valence-corrected chi connectivity index (χ1v) is 7.30. The maximum atomic E-state index is 5.22. The fraction of sp³-hybridized carbons (Fsp3) is 0.562. The van der Waals surface area contributed by atoms with Gasteiger partial charge in [0.1, 0.15) is 5.75 Å². The van der Waals surface area contributed by atoms with E-state index in [2.05, 4.69) is 35.5 Å². The summed E-state index contributed by atoms with van der Waals surface area (Å²) in [5.41, 5.74) is 1.18. The van der Waals surface area contributed by atoms with Gasteiger partial charge in [0.05, 0.1) is 7.11 Å². The maximum absolute atomic E-state index is 5.22. The normalized spacial score (nSPS) is 11.0. The molecule has 1 aromatic carbocycles. The number of nitrogens with one attached hydrogen (secondary N) is 2. The molecular formula is C16H28IN3O. The molecule has 0 radical (unpaired) electrons. The van der Waals surface area contributed by atoms with Crippen molar-refractivity contribution in [3.63, 3.8) is 0 Å². The molecule has 0 amide bonds. The summed E-state index contributed by atoms with van der Waals surface area (Å²) in [6.07, 6.45) is 2.38. The summed E-state index contributed by atoms with van der Waals surface area (Å²) in [6.45, 7) is 6.15. The van der Waals surface area contributed by atoms with E-state index in [-0.39, 0.29) is 24.0 Å². The molecule has 0 aliphatic rings. The van der Waals surface area contributed by atoms with Crippen LogP contribution in [0.3, 0.4) is 0 Å². The zero-order valence-corrected chi connectivity index (χ0v) is 15.8. The molecule has 0 bridgehead atoms. The number of benzene rings is 1. The van der Waals surface area contributed by atoms with E-state index in [1.54, 1.807) is 14.2 Å². The molecule has 0 saturated carbocycles. The van der Waals surface area contributed by atoms with Crippen LogP contribution in [-0.2, 0) is 6.54 Å².